The maximum absolute atomic E-state index is 13.3. The number of aromatic nitrogens is 3. The summed E-state index contributed by atoms with van der Waals surface area (Å²) in [7, 11) is 0. The van der Waals surface area contributed by atoms with Gasteiger partial charge in [-0.15, -0.1) is 0 Å². The summed E-state index contributed by atoms with van der Waals surface area (Å²) in [6, 6.07) is 12.7. The van der Waals surface area contributed by atoms with Crippen LogP contribution < -0.4 is 16.0 Å². The number of rotatable bonds is 10. The maximum Gasteiger partial charge on any atom is 0.242 e. The summed E-state index contributed by atoms with van der Waals surface area (Å²) in [5.41, 5.74) is 1.56. The van der Waals surface area contributed by atoms with E-state index in [0.29, 0.717) is 36.5 Å². The van der Waals surface area contributed by atoms with E-state index in [9.17, 15) is 4.79 Å². The zero-order chi connectivity index (χ0) is 23.8. The van der Waals surface area contributed by atoms with Crippen LogP contribution in [0.5, 0.6) is 0 Å². The maximum atomic E-state index is 13.3. The molecule has 1 aliphatic rings. The molecule has 3 aromatic rings. The van der Waals surface area contributed by atoms with Gasteiger partial charge in [0.1, 0.15) is 17.7 Å². The number of anilines is 2. The Kier molecular flexibility index (Phi) is 7.76. The Morgan fingerprint density at radius 2 is 1.91 bits per heavy atom. The van der Waals surface area contributed by atoms with Crippen molar-refractivity contribution < 1.29 is 4.79 Å². The summed E-state index contributed by atoms with van der Waals surface area (Å²) in [4.78, 5) is 25.9. The summed E-state index contributed by atoms with van der Waals surface area (Å²) >= 11 is 0. The fourth-order valence-corrected chi connectivity index (χ4v) is 4.36. The number of carbonyl (C=O) groups is 1. The molecule has 1 fully saturated rings. The summed E-state index contributed by atoms with van der Waals surface area (Å²) in [5.74, 6) is 2.36. The van der Waals surface area contributed by atoms with Crippen molar-refractivity contribution in [3.05, 3.63) is 71.8 Å². The van der Waals surface area contributed by atoms with E-state index in [1.54, 1.807) is 12.1 Å². The lowest BCUT2D eigenvalue weighted by molar-refractivity contribution is -0.122. The van der Waals surface area contributed by atoms with E-state index in [2.05, 4.69) is 30.8 Å². The van der Waals surface area contributed by atoms with Gasteiger partial charge in [0.2, 0.25) is 11.9 Å². The van der Waals surface area contributed by atoms with Gasteiger partial charge in [-0.05, 0) is 37.0 Å². The van der Waals surface area contributed by atoms with E-state index >= 15 is 0 Å². The molecule has 1 saturated carbocycles. The van der Waals surface area contributed by atoms with Crippen LogP contribution in [0.25, 0.3) is 10.7 Å². The predicted molar refractivity (Wildman–Crippen MR) is 134 cm³/mol. The van der Waals surface area contributed by atoms with Crippen molar-refractivity contribution in [3.8, 4) is 5.82 Å². The van der Waals surface area contributed by atoms with Crippen molar-refractivity contribution in [1.82, 2.24) is 19.9 Å². The Labute approximate surface area is 200 Å². The lowest BCUT2D eigenvalue weighted by Crippen LogP contribution is -2.40. The molecule has 0 saturated heterocycles. The lowest BCUT2D eigenvalue weighted by atomic mass is 9.97. The van der Waals surface area contributed by atoms with E-state index in [-0.39, 0.29) is 5.91 Å². The predicted octanol–water partition coefficient (Wildman–Crippen LogP) is 4.93. The Bertz CT molecular complexity index is 1110. The van der Waals surface area contributed by atoms with Crippen LogP contribution in [-0.4, -0.2) is 33.0 Å². The van der Waals surface area contributed by atoms with E-state index in [4.69, 9.17) is 6.57 Å². The Morgan fingerprint density at radius 3 is 2.59 bits per heavy atom. The minimum Gasteiger partial charge on any atom is -0.358 e. The van der Waals surface area contributed by atoms with E-state index in [1.165, 1.54) is 12.8 Å². The smallest absolute Gasteiger partial charge is 0.242 e. The molecule has 34 heavy (non-hydrogen) atoms. The van der Waals surface area contributed by atoms with Crippen LogP contribution in [-0.2, 0) is 11.3 Å². The van der Waals surface area contributed by atoms with E-state index < -0.39 is 6.04 Å². The monoisotopic (exact) mass is 457 g/mol. The van der Waals surface area contributed by atoms with Crippen LogP contribution in [0.4, 0.5) is 17.5 Å². The van der Waals surface area contributed by atoms with Gasteiger partial charge in [-0.3, -0.25) is 4.79 Å². The molecule has 0 radical (unpaired) electrons. The quantitative estimate of drug-likeness (QED) is 0.376. The third-order valence-corrected chi connectivity index (χ3v) is 6.13. The Balaban J connectivity index is 1.51. The Hall–Kier alpha value is -3.86. The second-order valence-electron chi connectivity index (χ2n) is 8.63. The molecule has 2 aromatic heterocycles. The zero-order valence-corrected chi connectivity index (χ0v) is 19.5. The third kappa shape index (κ3) is 6.13. The summed E-state index contributed by atoms with van der Waals surface area (Å²) in [6.45, 7) is 10.2. The number of nitrogens with zero attached hydrogens (tertiary/aromatic N) is 4. The first-order valence-corrected chi connectivity index (χ1v) is 11.9. The fraction of sp³-hybridized carbons (Fsp3) is 0.385. The molecule has 0 aliphatic heterocycles. The molecular formula is C26H31N7O. The molecule has 0 bridgehead atoms. The van der Waals surface area contributed by atoms with Gasteiger partial charge < -0.3 is 20.5 Å². The number of nitrogens with one attached hydrogen (secondary N) is 3. The molecule has 4 rings (SSSR count). The molecule has 1 atom stereocenters. The van der Waals surface area contributed by atoms with Crippen LogP contribution in [0.15, 0.2) is 54.9 Å². The first-order valence-electron chi connectivity index (χ1n) is 11.9. The Morgan fingerprint density at radius 1 is 1.18 bits per heavy atom. The highest BCUT2D eigenvalue weighted by Crippen LogP contribution is 2.29. The number of amides is 1. The van der Waals surface area contributed by atoms with Gasteiger partial charge in [-0.25, -0.2) is 4.85 Å². The highest BCUT2D eigenvalue weighted by Gasteiger charge is 2.26. The summed E-state index contributed by atoms with van der Waals surface area (Å²) < 4.78 is 1.92. The highest BCUT2D eigenvalue weighted by atomic mass is 16.2. The van der Waals surface area contributed by atoms with Crippen molar-refractivity contribution in [2.24, 2.45) is 5.92 Å². The van der Waals surface area contributed by atoms with Gasteiger partial charge >= 0.3 is 0 Å². The second kappa shape index (κ2) is 11.3. The van der Waals surface area contributed by atoms with Crippen LogP contribution in [0.1, 0.15) is 44.6 Å². The van der Waals surface area contributed by atoms with Gasteiger partial charge in [-0.2, -0.15) is 9.97 Å². The molecular weight excluding hydrogens is 426 g/mol. The van der Waals surface area contributed by atoms with Gasteiger partial charge in [0.25, 0.3) is 0 Å². The van der Waals surface area contributed by atoms with Crippen molar-refractivity contribution in [2.45, 2.75) is 51.6 Å². The molecule has 1 aromatic carbocycles. The van der Waals surface area contributed by atoms with Crippen molar-refractivity contribution >= 4 is 23.4 Å². The number of hydrogen-bond donors (Lipinski definition) is 3. The van der Waals surface area contributed by atoms with Crippen molar-refractivity contribution in [3.63, 3.8) is 0 Å². The summed E-state index contributed by atoms with van der Waals surface area (Å²) in [5, 5.41) is 9.66. The minimum absolute atomic E-state index is 0.0488. The average Bonchev–Trinajstić information content (AvgIpc) is 3.57. The normalized spacial score (nSPS) is 14.4. The van der Waals surface area contributed by atoms with Crippen LogP contribution in [0.3, 0.4) is 0 Å². The largest absolute Gasteiger partial charge is 0.358 e. The fourth-order valence-electron chi connectivity index (χ4n) is 4.36. The molecule has 8 heteroatoms. The minimum atomic E-state index is -0.396. The van der Waals surface area contributed by atoms with Crippen molar-refractivity contribution in [1.29, 1.82) is 0 Å². The summed E-state index contributed by atoms with van der Waals surface area (Å²) in [6.07, 6.45) is 9.40. The van der Waals surface area contributed by atoms with Crippen LogP contribution in [0, 0.1) is 12.5 Å². The molecule has 8 nitrogen and oxygen atoms in total. The topological polar surface area (TPSA) is 88.2 Å². The zero-order valence-electron chi connectivity index (χ0n) is 19.5. The highest BCUT2D eigenvalue weighted by molar-refractivity contribution is 5.84. The third-order valence-electron chi connectivity index (χ3n) is 6.13. The van der Waals surface area contributed by atoms with Crippen LogP contribution >= 0.6 is 0 Å². The van der Waals surface area contributed by atoms with Gasteiger partial charge in [0.05, 0.1) is 6.57 Å². The van der Waals surface area contributed by atoms with Crippen LogP contribution in [0.2, 0.25) is 0 Å². The molecule has 3 N–H and O–H groups in total. The molecule has 1 aliphatic carbocycles. The molecule has 1 amide bonds. The number of hydrogen-bond acceptors (Lipinski definition) is 5. The number of benzene rings is 1. The molecule has 0 unspecified atom stereocenters. The molecule has 2 heterocycles. The van der Waals surface area contributed by atoms with Gasteiger partial charge in [-0.1, -0.05) is 49.9 Å². The lowest BCUT2D eigenvalue weighted by Gasteiger charge is -2.22. The van der Waals surface area contributed by atoms with E-state index in [0.717, 1.165) is 30.6 Å². The molecule has 0 spiro atoms. The second-order valence-corrected chi connectivity index (χ2v) is 8.63. The van der Waals surface area contributed by atoms with Crippen molar-refractivity contribution in [2.75, 3.05) is 17.2 Å². The first kappa shape index (κ1) is 23.3. The van der Waals surface area contributed by atoms with Gasteiger partial charge in [0.15, 0.2) is 5.69 Å². The molecule has 176 valence electrons. The standard InChI is InChI=1S/C26H31N7O/c1-3-28-26-31-23(17-24(32-26)33-14-6-7-15-33)30-22(16-19-8-4-5-9-19)25(34)29-18-20-10-12-21(27-2)13-11-20/h6-7,10-15,17,19,22H,3-5,8-9,16,18H2,1H3,(H,29,34)(H2,28,30,31,32)/t22-/m1/s1. The van der Waals surface area contributed by atoms with E-state index in [1.807, 2.05) is 54.2 Å². The first-order chi connectivity index (χ1) is 16.6. The van der Waals surface area contributed by atoms with Gasteiger partial charge in [0, 0.05) is 31.5 Å². The SMILES string of the molecule is [C-]#[N+]c1ccc(CNC(=O)[C@@H](CC2CCCC2)Nc2cc(-n3cccc3)nc(NCC)n2)cc1. The number of carbonyl (C=O) groups excluding carboxylic acids is 1. The average molecular weight is 458 g/mol.